The lowest BCUT2D eigenvalue weighted by molar-refractivity contribution is -0.134. The van der Waals surface area contributed by atoms with Gasteiger partial charge in [-0.1, -0.05) is 15.9 Å². The highest BCUT2D eigenvalue weighted by molar-refractivity contribution is 9.10. The Kier molecular flexibility index (Phi) is 4.74. The summed E-state index contributed by atoms with van der Waals surface area (Å²) in [6, 6.07) is 4.43. The van der Waals surface area contributed by atoms with Crippen molar-refractivity contribution in [2.24, 2.45) is 5.92 Å². The number of hydrogen-bond donors (Lipinski definition) is 3. The standard InChI is InChI=1S/C17H19BrN4O4/c1-9(23)19-12-6-5-11(18)7-13(12)20-14(24)8-22-15(25)17(2,10-3-4-10)21-16(22)26/h5-7,10H,3-4,8H2,1-2H3,(H,19,23)(H,20,24)(H,21,26). The topological polar surface area (TPSA) is 108 Å². The summed E-state index contributed by atoms with van der Waals surface area (Å²) in [6.45, 7) is 2.67. The number of nitrogens with one attached hydrogen (secondary N) is 3. The minimum atomic E-state index is -0.922. The van der Waals surface area contributed by atoms with Gasteiger partial charge in [-0.25, -0.2) is 4.79 Å². The summed E-state index contributed by atoms with van der Waals surface area (Å²) in [5, 5.41) is 7.96. The number of anilines is 2. The lowest BCUT2D eigenvalue weighted by Gasteiger charge is -2.21. The zero-order valence-electron chi connectivity index (χ0n) is 14.4. The first-order chi connectivity index (χ1) is 12.2. The Balaban J connectivity index is 1.71. The van der Waals surface area contributed by atoms with Gasteiger partial charge in [0.05, 0.1) is 11.4 Å². The molecule has 1 aromatic carbocycles. The first-order valence-corrected chi connectivity index (χ1v) is 9.01. The van der Waals surface area contributed by atoms with E-state index in [1.165, 1.54) is 6.92 Å². The van der Waals surface area contributed by atoms with Gasteiger partial charge in [0.2, 0.25) is 11.8 Å². The van der Waals surface area contributed by atoms with E-state index in [-0.39, 0.29) is 24.3 Å². The molecule has 1 aliphatic carbocycles. The Morgan fingerprint density at radius 1 is 1.27 bits per heavy atom. The number of halogens is 1. The molecule has 138 valence electrons. The van der Waals surface area contributed by atoms with Crippen LogP contribution >= 0.6 is 15.9 Å². The van der Waals surface area contributed by atoms with Gasteiger partial charge in [-0.2, -0.15) is 0 Å². The van der Waals surface area contributed by atoms with Crippen molar-refractivity contribution >= 4 is 51.1 Å². The molecule has 2 aliphatic rings. The van der Waals surface area contributed by atoms with Gasteiger partial charge in [-0.15, -0.1) is 0 Å². The van der Waals surface area contributed by atoms with Gasteiger partial charge >= 0.3 is 6.03 Å². The molecule has 0 spiro atoms. The second kappa shape index (κ2) is 6.71. The molecule has 1 aliphatic heterocycles. The minimum absolute atomic E-state index is 0.128. The van der Waals surface area contributed by atoms with Crippen LogP contribution < -0.4 is 16.0 Å². The Bertz CT molecular complexity index is 808. The molecule has 1 atom stereocenters. The summed E-state index contributed by atoms with van der Waals surface area (Å²) in [7, 11) is 0. The predicted molar refractivity (Wildman–Crippen MR) is 98.4 cm³/mol. The van der Waals surface area contributed by atoms with E-state index in [2.05, 4.69) is 31.9 Å². The van der Waals surface area contributed by atoms with Crippen LogP contribution in [-0.2, 0) is 14.4 Å². The van der Waals surface area contributed by atoms with E-state index in [1.54, 1.807) is 25.1 Å². The second-order valence-electron chi connectivity index (χ2n) is 6.72. The highest BCUT2D eigenvalue weighted by Gasteiger charge is 2.56. The van der Waals surface area contributed by atoms with E-state index in [0.29, 0.717) is 15.8 Å². The van der Waals surface area contributed by atoms with Gasteiger partial charge in [0.25, 0.3) is 5.91 Å². The number of imide groups is 1. The molecule has 3 N–H and O–H groups in total. The second-order valence-corrected chi connectivity index (χ2v) is 7.63. The Morgan fingerprint density at radius 3 is 2.58 bits per heavy atom. The van der Waals surface area contributed by atoms with Gasteiger partial charge in [0.1, 0.15) is 12.1 Å². The van der Waals surface area contributed by atoms with Crippen molar-refractivity contribution in [2.75, 3.05) is 17.2 Å². The molecule has 3 rings (SSSR count). The number of hydrogen-bond acceptors (Lipinski definition) is 4. The molecule has 8 nitrogen and oxygen atoms in total. The van der Waals surface area contributed by atoms with Gasteiger partial charge in [0, 0.05) is 11.4 Å². The average Bonchev–Trinajstić information content (AvgIpc) is 3.36. The fourth-order valence-corrected chi connectivity index (χ4v) is 3.41. The quantitative estimate of drug-likeness (QED) is 0.631. The third-order valence-corrected chi connectivity index (χ3v) is 5.06. The maximum atomic E-state index is 12.6. The molecular formula is C17H19BrN4O4. The number of carbonyl (C=O) groups excluding carboxylic acids is 4. The normalized spacial score (nSPS) is 22.2. The Hall–Kier alpha value is -2.42. The van der Waals surface area contributed by atoms with Crippen LogP contribution in [0.25, 0.3) is 0 Å². The van der Waals surface area contributed by atoms with E-state index in [9.17, 15) is 19.2 Å². The van der Waals surface area contributed by atoms with Crippen molar-refractivity contribution in [3.8, 4) is 0 Å². The summed E-state index contributed by atoms with van der Waals surface area (Å²) in [5.41, 5.74) is -0.125. The number of urea groups is 1. The van der Waals surface area contributed by atoms with Gasteiger partial charge in [0.15, 0.2) is 0 Å². The van der Waals surface area contributed by atoms with Crippen LogP contribution in [0.3, 0.4) is 0 Å². The zero-order chi connectivity index (χ0) is 19.1. The van der Waals surface area contributed by atoms with Crippen LogP contribution in [0.1, 0.15) is 26.7 Å². The summed E-state index contributed by atoms with van der Waals surface area (Å²) in [6.07, 6.45) is 1.78. The van der Waals surface area contributed by atoms with Crippen molar-refractivity contribution < 1.29 is 19.2 Å². The van der Waals surface area contributed by atoms with Gasteiger partial charge in [-0.05, 0) is 43.9 Å². The number of amides is 5. The van der Waals surface area contributed by atoms with Crippen molar-refractivity contribution in [3.05, 3.63) is 22.7 Å². The van der Waals surface area contributed by atoms with E-state index in [0.717, 1.165) is 17.7 Å². The highest BCUT2D eigenvalue weighted by Crippen LogP contribution is 2.42. The van der Waals surface area contributed by atoms with Crippen LogP contribution in [-0.4, -0.2) is 40.7 Å². The molecule has 1 saturated carbocycles. The maximum Gasteiger partial charge on any atom is 0.325 e. The molecule has 9 heteroatoms. The lowest BCUT2D eigenvalue weighted by Crippen LogP contribution is -2.46. The van der Waals surface area contributed by atoms with Crippen LogP contribution in [0.15, 0.2) is 22.7 Å². The molecule has 0 radical (unpaired) electrons. The average molecular weight is 423 g/mol. The molecule has 1 aromatic rings. The first kappa shape index (κ1) is 18.4. The Morgan fingerprint density at radius 2 is 1.96 bits per heavy atom. The van der Waals surface area contributed by atoms with Crippen LogP contribution in [0, 0.1) is 5.92 Å². The summed E-state index contributed by atoms with van der Waals surface area (Å²) in [5.74, 6) is -1.06. The summed E-state index contributed by atoms with van der Waals surface area (Å²) >= 11 is 3.30. The molecule has 26 heavy (non-hydrogen) atoms. The van der Waals surface area contributed by atoms with Crippen LogP contribution in [0.2, 0.25) is 0 Å². The monoisotopic (exact) mass is 422 g/mol. The molecule has 0 bridgehead atoms. The van der Waals surface area contributed by atoms with Gasteiger partial charge in [-0.3, -0.25) is 19.3 Å². The lowest BCUT2D eigenvalue weighted by atomic mass is 9.96. The molecule has 5 amide bonds. The van der Waals surface area contributed by atoms with Crippen molar-refractivity contribution in [3.63, 3.8) is 0 Å². The third kappa shape index (κ3) is 3.57. The summed E-state index contributed by atoms with van der Waals surface area (Å²) in [4.78, 5) is 49.3. The van der Waals surface area contributed by atoms with Gasteiger partial charge < -0.3 is 16.0 Å². The third-order valence-electron chi connectivity index (χ3n) is 4.56. The smallest absolute Gasteiger partial charge is 0.325 e. The minimum Gasteiger partial charge on any atom is -0.325 e. The molecule has 2 fully saturated rings. The van der Waals surface area contributed by atoms with Crippen molar-refractivity contribution in [2.45, 2.75) is 32.2 Å². The largest absolute Gasteiger partial charge is 0.325 e. The maximum absolute atomic E-state index is 12.6. The fraction of sp³-hybridized carbons (Fsp3) is 0.412. The molecule has 1 heterocycles. The summed E-state index contributed by atoms with van der Waals surface area (Å²) < 4.78 is 0.707. The van der Waals surface area contributed by atoms with Crippen molar-refractivity contribution in [1.82, 2.24) is 10.2 Å². The molecule has 1 unspecified atom stereocenters. The predicted octanol–water partition coefficient (Wildman–Crippen LogP) is 2.07. The fourth-order valence-electron chi connectivity index (χ4n) is 3.05. The van der Waals surface area contributed by atoms with E-state index in [4.69, 9.17) is 0 Å². The van der Waals surface area contributed by atoms with Crippen molar-refractivity contribution in [1.29, 1.82) is 0 Å². The number of benzene rings is 1. The van der Waals surface area contributed by atoms with Crippen LogP contribution in [0.4, 0.5) is 16.2 Å². The van der Waals surface area contributed by atoms with E-state index in [1.807, 2.05) is 0 Å². The number of nitrogens with zero attached hydrogens (tertiary/aromatic N) is 1. The highest BCUT2D eigenvalue weighted by atomic mass is 79.9. The zero-order valence-corrected chi connectivity index (χ0v) is 16.0. The SMILES string of the molecule is CC(=O)Nc1ccc(Br)cc1NC(=O)CN1C(=O)NC(C)(C2CC2)C1=O. The van der Waals surface area contributed by atoms with Crippen LogP contribution in [0.5, 0.6) is 0 Å². The first-order valence-electron chi connectivity index (χ1n) is 8.22. The number of carbonyl (C=O) groups is 4. The van der Waals surface area contributed by atoms with E-state index < -0.39 is 17.5 Å². The molecule has 1 saturated heterocycles. The number of rotatable bonds is 5. The molecule has 0 aromatic heterocycles. The van der Waals surface area contributed by atoms with E-state index >= 15 is 0 Å². The Labute approximate surface area is 158 Å². The molecular weight excluding hydrogens is 404 g/mol.